The molecule has 9 heteroatoms. The molecule has 4 aromatic carbocycles. The molecule has 0 aromatic heterocycles. The van der Waals surface area contributed by atoms with Crippen LogP contribution >= 0.6 is 15.4 Å². The van der Waals surface area contributed by atoms with Crippen molar-refractivity contribution in [3.8, 4) is 23.0 Å². The molecule has 0 saturated heterocycles. The van der Waals surface area contributed by atoms with Crippen LogP contribution < -0.4 is 18.1 Å². The lowest BCUT2D eigenvalue weighted by Gasteiger charge is -2.23. The van der Waals surface area contributed by atoms with Crippen molar-refractivity contribution < 1.29 is 31.7 Å². The largest absolute Gasteiger partial charge is 0.588 e. The van der Waals surface area contributed by atoms with Crippen LogP contribution in [0.4, 0.5) is 0 Å². The molecule has 0 atom stereocenters. The van der Waals surface area contributed by atoms with Crippen LogP contribution in [-0.2, 0) is 13.7 Å². The zero-order valence-electron chi connectivity index (χ0n) is 18.0. The minimum absolute atomic E-state index is 0.254. The topological polar surface area (TPSA) is 80.3 Å². The van der Waals surface area contributed by atoms with Gasteiger partial charge in [-0.1, -0.05) is 72.8 Å². The Morgan fingerprint density at radius 2 is 0.735 bits per heavy atom. The molecule has 0 heterocycles. The average molecular weight is 496 g/mol. The van der Waals surface area contributed by atoms with Gasteiger partial charge >= 0.3 is 15.4 Å². The molecular weight excluding hydrogens is 474 g/mol. The van der Waals surface area contributed by atoms with Gasteiger partial charge in [0, 0.05) is 0 Å². The lowest BCUT2D eigenvalue weighted by molar-refractivity contribution is 0.222. The third kappa shape index (κ3) is 7.00. The summed E-state index contributed by atoms with van der Waals surface area (Å²) in [5.74, 6) is 1.11. The predicted molar refractivity (Wildman–Crippen MR) is 129 cm³/mol. The van der Waals surface area contributed by atoms with E-state index in [1.54, 1.807) is 121 Å². The van der Waals surface area contributed by atoms with Crippen LogP contribution in [0.1, 0.15) is 0 Å². The van der Waals surface area contributed by atoms with E-state index in [9.17, 15) is 9.13 Å². The molecule has 0 fully saturated rings. The molecule has 7 nitrogen and oxygen atoms in total. The van der Waals surface area contributed by atoms with Crippen molar-refractivity contribution in [1.29, 1.82) is 0 Å². The van der Waals surface area contributed by atoms with E-state index in [2.05, 4.69) is 0 Å². The molecule has 0 unspecified atom stereocenters. The Labute approximate surface area is 198 Å². The number of para-hydroxylation sites is 4. The van der Waals surface area contributed by atoms with Crippen LogP contribution in [0.2, 0.25) is 0 Å². The number of benzene rings is 4. The van der Waals surface area contributed by atoms with E-state index in [1.165, 1.54) is 0 Å². The van der Waals surface area contributed by atoms with Gasteiger partial charge in [0.25, 0.3) is 0 Å². The van der Waals surface area contributed by atoms with Crippen molar-refractivity contribution >= 4 is 15.4 Å². The van der Waals surface area contributed by atoms with Gasteiger partial charge in [-0.05, 0) is 48.5 Å². The first kappa shape index (κ1) is 23.7. The first-order chi connectivity index (χ1) is 16.5. The van der Waals surface area contributed by atoms with Crippen molar-refractivity contribution in [3.05, 3.63) is 121 Å². The SMILES string of the molecule is O=P(COP(=O)(Oc1ccccc1)Oc1ccccc1)(Oc1ccccc1)Oc1ccccc1. The molecule has 0 radical (unpaired) electrons. The van der Waals surface area contributed by atoms with Crippen molar-refractivity contribution in [3.63, 3.8) is 0 Å². The fraction of sp³-hybridized carbons (Fsp3) is 0.0400. The minimum atomic E-state index is -4.30. The summed E-state index contributed by atoms with van der Waals surface area (Å²) < 4.78 is 55.4. The van der Waals surface area contributed by atoms with Gasteiger partial charge in [0.05, 0.1) is 0 Å². The summed E-state index contributed by atoms with van der Waals surface area (Å²) in [4.78, 5) is 0. The maximum absolute atomic E-state index is 13.7. The maximum Gasteiger partial charge on any atom is 0.588 e. The highest BCUT2D eigenvalue weighted by molar-refractivity contribution is 7.56. The van der Waals surface area contributed by atoms with Crippen LogP contribution in [0.15, 0.2) is 121 Å². The molecular formula is C25H22O7P2. The van der Waals surface area contributed by atoms with E-state index in [1.807, 2.05) is 0 Å². The number of rotatable bonds is 11. The number of phosphoric ester groups is 1. The fourth-order valence-electron chi connectivity index (χ4n) is 2.79. The molecule has 0 aliphatic heterocycles. The van der Waals surface area contributed by atoms with Gasteiger partial charge in [0.2, 0.25) is 0 Å². The van der Waals surface area contributed by atoms with Gasteiger partial charge in [-0.25, -0.2) is 9.13 Å². The van der Waals surface area contributed by atoms with Gasteiger partial charge in [-0.15, -0.1) is 0 Å². The van der Waals surface area contributed by atoms with Gasteiger partial charge in [0.15, 0.2) is 6.35 Å². The van der Waals surface area contributed by atoms with E-state index in [0.717, 1.165) is 0 Å². The summed E-state index contributed by atoms with van der Waals surface area (Å²) in [6, 6.07) is 33.8. The normalized spacial score (nSPS) is 11.4. The highest BCUT2D eigenvalue weighted by Gasteiger charge is 2.38. The Bertz CT molecular complexity index is 1060. The molecule has 0 amide bonds. The lowest BCUT2D eigenvalue weighted by Crippen LogP contribution is -2.11. The fourth-order valence-corrected chi connectivity index (χ4v) is 5.85. The van der Waals surface area contributed by atoms with Gasteiger partial charge in [-0.2, -0.15) is 0 Å². The summed E-state index contributed by atoms with van der Waals surface area (Å²) in [5.41, 5.74) is 0. The van der Waals surface area contributed by atoms with E-state index in [4.69, 9.17) is 22.6 Å². The molecule has 0 bridgehead atoms. The summed E-state index contributed by atoms with van der Waals surface area (Å²) >= 11 is 0. The molecule has 4 aromatic rings. The first-order valence-corrected chi connectivity index (χ1v) is 13.5. The van der Waals surface area contributed by atoms with E-state index in [-0.39, 0.29) is 11.5 Å². The van der Waals surface area contributed by atoms with Crippen LogP contribution in [0, 0.1) is 0 Å². The Hall–Kier alpha value is -3.50. The van der Waals surface area contributed by atoms with Gasteiger partial charge < -0.3 is 18.1 Å². The molecule has 174 valence electrons. The Balaban J connectivity index is 1.59. The molecule has 0 aliphatic rings. The average Bonchev–Trinajstić information content (AvgIpc) is 2.85. The second-order valence-electron chi connectivity index (χ2n) is 6.93. The van der Waals surface area contributed by atoms with Crippen LogP contribution in [-0.4, -0.2) is 6.35 Å². The Morgan fingerprint density at radius 1 is 0.441 bits per heavy atom. The maximum atomic E-state index is 13.7. The Kier molecular flexibility index (Phi) is 7.71. The second-order valence-corrected chi connectivity index (χ2v) is 10.3. The molecule has 0 aliphatic carbocycles. The van der Waals surface area contributed by atoms with Crippen molar-refractivity contribution in [2.24, 2.45) is 0 Å². The quantitative estimate of drug-likeness (QED) is 0.198. The third-order valence-corrected chi connectivity index (χ3v) is 7.21. The lowest BCUT2D eigenvalue weighted by atomic mass is 10.3. The highest BCUT2D eigenvalue weighted by atomic mass is 31.2. The molecule has 0 saturated carbocycles. The number of hydrogen-bond acceptors (Lipinski definition) is 7. The summed E-state index contributed by atoms with van der Waals surface area (Å²) in [6.45, 7) is 0. The third-order valence-electron chi connectivity index (χ3n) is 4.27. The molecule has 0 spiro atoms. The summed E-state index contributed by atoms with van der Waals surface area (Å²) in [5, 5.41) is 0. The monoisotopic (exact) mass is 496 g/mol. The molecule has 34 heavy (non-hydrogen) atoms. The second kappa shape index (κ2) is 11.1. The number of hydrogen-bond donors (Lipinski definition) is 0. The highest BCUT2D eigenvalue weighted by Crippen LogP contribution is 2.56. The predicted octanol–water partition coefficient (Wildman–Crippen LogP) is 7.58. The van der Waals surface area contributed by atoms with Crippen molar-refractivity contribution in [1.82, 2.24) is 0 Å². The van der Waals surface area contributed by atoms with Crippen molar-refractivity contribution in [2.75, 3.05) is 6.35 Å². The minimum Gasteiger partial charge on any atom is -0.415 e. The summed E-state index contributed by atoms with van der Waals surface area (Å²) in [6.07, 6.45) is -0.701. The van der Waals surface area contributed by atoms with Crippen LogP contribution in [0.25, 0.3) is 0 Å². The van der Waals surface area contributed by atoms with Gasteiger partial charge in [0.1, 0.15) is 23.0 Å². The Morgan fingerprint density at radius 3 is 1.06 bits per heavy atom. The summed E-state index contributed by atoms with van der Waals surface area (Å²) in [7, 11) is -8.32. The number of phosphoric acid groups is 1. The first-order valence-electron chi connectivity index (χ1n) is 10.3. The standard InChI is InChI=1S/C25H22O7P2/c26-33(29-22-13-5-1-6-14-22,30-23-15-7-2-8-16-23)21-28-34(27,31-24-17-9-3-10-18-24)32-25-19-11-4-12-20-25/h1-20H,21H2. The zero-order chi connectivity index (χ0) is 23.7. The zero-order valence-corrected chi connectivity index (χ0v) is 19.8. The van der Waals surface area contributed by atoms with Crippen LogP contribution in [0.5, 0.6) is 23.0 Å². The van der Waals surface area contributed by atoms with Gasteiger partial charge in [-0.3, -0.25) is 4.52 Å². The molecule has 4 rings (SSSR count). The van der Waals surface area contributed by atoms with Crippen molar-refractivity contribution in [2.45, 2.75) is 0 Å². The molecule has 0 N–H and O–H groups in total. The van der Waals surface area contributed by atoms with E-state index < -0.39 is 21.8 Å². The van der Waals surface area contributed by atoms with E-state index in [0.29, 0.717) is 11.5 Å². The van der Waals surface area contributed by atoms with E-state index >= 15 is 0 Å². The van der Waals surface area contributed by atoms with Crippen LogP contribution in [0.3, 0.4) is 0 Å². The smallest absolute Gasteiger partial charge is 0.415 e.